The molecular weight excluding hydrogens is 373 g/mol. The Morgan fingerprint density at radius 2 is 1.96 bits per heavy atom. The number of halogens is 2. The van der Waals surface area contributed by atoms with Gasteiger partial charge >= 0.3 is 0 Å². The van der Waals surface area contributed by atoms with Crippen LogP contribution in [0.3, 0.4) is 0 Å². The largest absolute Gasteiger partial charge is 0.497 e. The summed E-state index contributed by atoms with van der Waals surface area (Å²) in [4.78, 5) is 14.4. The van der Waals surface area contributed by atoms with Crippen molar-refractivity contribution in [2.24, 2.45) is 0 Å². The van der Waals surface area contributed by atoms with Crippen LogP contribution < -0.4 is 4.74 Å². The molecule has 0 atom stereocenters. The summed E-state index contributed by atoms with van der Waals surface area (Å²) in [5.74, 6) is 0.374. The van der Waals surface area contributed by atoms with Gasteiger partial charge in [0, 0.05) is 17.6 Å². The lowest BCUT2D eigenvalue weighted by atomic mass is 9.99. The van der Waals surface area contributed by atoms with Gasteiger partial charge in [-0.3, -0.25) is 4.79 Å². The molecule has 0 radical (unpaired) electrons. The minimum Gasteiger partial charge on any atom is -0.497 e. The van der Waals surface area contributed by atoms with Crippen LogP contribution in [-0.2, 0) is 0 Å². The maximum atomic E-state index is 13.2. The molecule has 3 nitrogen and oxygen atoms in total. The number of hydrogen-bond acceptors (Lipinski definition) is 2. The van der Waals surface area contributed by atoms with Gasteiger partial charge in [-0.15, -0.1) is 0 Å². The summed E-state index contributed by atoms with van der Waals surface area (Å²) in [6, 6.07) is 12.1. The van der Waals surface area contributed by atoms with Gasteiger partial charge in [0.1, 0.15) is 11.6 Å². The van der Waals surface area contributed by atoms with Crippen molar-refractivity contribution in [2.75, 3.05) is 20.2 Å². The molecule has 0 saturated heterocycles. The smallest absolute Gasteiger partial charge is 0.255 e. The molecule has 0 saturated carbocycles. The van der Waals surface area contributed by atoms with Crippen LogP contribution >= 0.6 is 15.9 Å². The highest BCUT2D eigenvalue weighted by Crippen LogP contribution is 2.26. The van der Waals surface area contributed by atoms with E-state index in [0.717, 1.165) is 17.7 Å². The Morgan fingerprint density at radius 3 is 2.54 bits per heavy atom. The highest BCUT2D eigenvalue weighted by Gasteiger charge is 2.21. The van der Waals surface area contributed by atoms with Crippen molar-refractivity contribution >= 4 is 27.4 Å². The Hall–Kier alpha value is -2.14. The molecule has 1 aliphatic heterocycles. The van der Waals surface area contributed by atoms with Gasteiger partial charge in [0.25, 0.3) is 5.91 Å². The summed E-state index contributed by atoms with van der Waals surface area (Å²) in [6.45, 7) is 1.19. The van der Waals surface area contributed by atoms with E-state index in [0.29, 0.717) is 23.1 Å². The second kappa shape index (κ2) is 7.18. The molecular formula is C19H17BrFNO2. The maximum Gasteiger partial charge on any atom is 0.255 e. The van der Waals surface area contributed by atoms with Crippen LogP contribution in [0.5, 0.6) is 5.75 Å². The van der Waals surface area contributed by atoms with Gasteiger partial charge < -0.3 is 9.64 Å². The van der Waals surface area contributed by atoms with Gasteiger partial charge in [-0.2, -0.15) is 0 Å². The van der Waals surface area contributed by atoms with Crippen LogP contribution in [0.25, 0.3) is 5.57 Å². The molecule has 1 aliphatic rings. The van der Waals surface area contributed by atoms with Gasteiger partial charge in [0.05, 0.1) is 12.7 Å². The Kier molecular flexibility index (Phi) is 5.00. The Balaban J connectivity index is 1.73. The number of carbonyl (C=O) groups is 1. The van der Waals surface area contributed by atoms with Crippen LogP contribution in [-0.4, -0.2) is 31.0 Å². The quantitative estimate of drug-likeness (QED) is 0.771. The molecule has 0 bridgehead atoms. The maximum absolute atomic E-state index is 13.2. The average Bonchev–Trinajstić information content (AvgIpc) is 2.61. The zero-order chi connectivity index (χ0) is 17.1. The number of rotatable bonds is 3. The molecule has 5 heteroatoms. The fourth-order valence-corrected chi connectivity index (χ4v) is 3.27. The second-order valence-electron chi connectivity index (χ2n) is 5.58. The first-order valence-electron chi connectivity index (χ1n) is 7.66. The molecule has 0 fully saturated rings. The molecule has 0 N–H and O–H groups in total. The van der Waals surface area contributed by atoms with Crippen molar-refractivity contribution in [3.8, 4) is 5.75 Å². The third-order valence-electron chi connectivity index (χ3n) is 4.12. The van der Waals surface area contributed by atoms with Crippen LogP contribution in [0, 0.1) is 5.82 Å². The SMILES string of the molecule is COc1ccc(C2=CCN(C(=O)c3ccc(F)cc3Br)CC2)cc1. The summed E-state index contributed by atoms with van der Waals surface area (Å²) in [5, 5.41) is 0. The van der Waals surface area contributed by atoms with E-state index < -0.39 is 0 Å². The van der Waals surface area contributed by atoms with E-state index in [4.69, 9.17) is 4.74 Å². The van der Waals surface area contributed by atoms with Crippen molar-refractivity contribution in [2.45, 2.75) is 6.42 Å². The number of benzene rings is 2. The molecule has 1 amide bonds. The first-order chi connectivity index (χ1) is 11.6. The van der Waals surface area contributed by atoms with E-state index >= 15 is 0 Å². The first kappa shape index (κ1) is 16.7. The lowest BCUT2D eigenvalue weighted by Crippen LogP contribution is -2.34. The molecule has 2 aromatic rings. The van der Waals surface area contributed by atoms with E-state index in [1.807, 2.05) is 24.3 Å². The highest BCUT2D eigenvalue weighted by atomic mass is 79.9. The first-order valence-corrected chi connectivity index (χ1v) is 8.45. The predicted molar refractivity (Wildman–Crippen MR) is 95.6 cm³/mol. The van der Waals surface area contributed by atoms with E-state index in [2.05, 4.69) is 22.0 Å². The number of carbonyl (C=O) groups excluding carboxylic acids is 1. The standard InChI is InChI=1S/C19H17BrFNO2/c1-24-16-5-2-13(3-6-16)14-8-10-22(11-9-14)19(23)17-7-4-15(21)12-18(17)20/h2-8,12H,9-11H2,1H3. The number of methoxy groups -OCH3 is 1. The van der Waals surface area contributed by atoms with Crippen molar-refractivity contribution in [3.05, 3.63) is 70.0 Å². The summed E-state index contributed by atoms with van der Waals surface area (Å²) in [6.07, 6.45) is 2.86. The molecule has 0 unspecified atom stereocenters. The van der Waals surface area contributed by atoms with Crippen molar-refractivity contribution in [1.29, 1.82) is 0 Å². The topological polar surface area (TPSA) is 29.5 Å². The van der Waals surface area contributed by atoms with Crippen LogP contribution in [0.15, 0.2) is 53.0 Å². The van der Waals surface area contributed by atoms with E-state index in [1.54, 1.807) is 12.0 Å². The van der Waals surface area contributed by atoms with E-state index in [9.17, 15) is 9.18 Å². The molecule has 1 heterocycles. The van der Waals surface area contributed by atoms with Gasteiger partial charge in [0.15, 0.2) is 0 Å². The Bertz CT molecular complexity index is 786. The molecule has 0 spiro atoms. The normalized spacial score (nSPS) is 14.3. The minimum atomic E-state index is -0.362. The third kappa shape index (κ3) is 3.51. The molecule has 2 aromatic carbocycles. The summed E-state index contributed by atoms with van der Waals surface area (Å²) in [5.41, 5.74) is 2.85. The lowest BCUT2D eigenvalue weighted by Gasteiger charge is -2.27. The number of ether oxygens (including phenoxy) is 1. The van der Waals surface area contributed by atoms with Crippen molar-refractivity contribution in [3.63, 3.8) is 0 Å². The van der Waals surface area contributed by atoms with E-state index in [1.165, 1.54) is 23.8 Å². The number of nitrogens with zero attached hydrogens (tertiary/aromatic N) is 1. The third-order valence-corrected chi connectivity index (χ3v) is 4.77. The van der Waals surface area contributed by atoms with Crippen LogP contribution in [0.2, 0.25) is 0 Å². The van der Waals surface area contributed by atoms with Crippen LogP contribution in [0.4, 0.5) is 4.39 Å². The Labute approximate surface area is 148 Å². The molecule has 24 heavy (non-hydrogen) atoms. The lowest BCUT2D eigenvalue weighted by molar-refractivity contribution is 0.0772. The monoisotopic (exact) mass is 389 g/mol. The second-order valence-corrected chi connectivity index (χ2v) is 6.44. The number of hydrogen-bond donors (Lipinski definition) is 0. The van der Waals surface area contributed by atoms with E-state index in [-0.39, 0.29) is 11.7 Å². The molecule has 124 valence electrons. The molecule has 0 aromatic heterocycles. The summed E-state index contributed by atoms with van der Waals surface area (Å²) >= 11 is 3.26. The molecule has 3 rings (SSSR count). The average molecular weight is 390 g/mol. The zero-order valence-electron chi connectivity index (χ0n) is 13.3. The van der Waals surface area contributed by atoms with Gasteiger partial charge in [0.2, 0.25) is 0 Å². The fraction of sp³-hybridized carbons (Fsp3) is 0.211. The fourth-order valence-electron chi connectivity index (χ4n) is 2.75. The minimum absolute atomic E-state index is 0.0908. The van der Waals surface area contributed by atoms with Gasteiger partial charge in [-0.1, -0.05) is 18.2 Å². The summed E-state index contributed by atoms with van der Waals surface area (Å²) in [7, 11) is 1.64. The predicted octanol–water partition coefficient (Wildman–Crippen LogP) is 4.53. The van der Waals surface area contributed by atoms with Crippen molar-refractivity contribution < 1.29 is 13.9 Å². The van der Waals surface area contributed by atoms with Crippen molar-refractivity contribution in [1.82, 2.24) is 4.90 Å². The van der Waals surface area contributed by atoms with Crippen LogP contribution in [0.1, 0.15) is 22.3 Å². The number of amides is 1. The Morgan fingerprint density at radius 1 is 1.21 bits per heavy atom. The highest BCUT2D eigenvalue weighted by molar-refractivity contribution is 9.10. The molecule has 0 aliphatic carbocycles. The zero-order valence-corrected chi connectivity index (χ0v) is 14.8. The van der Waals surface area contributed by atoms with Gasteiger partial charge in [-0.05, 0) is 63.8 Å². The van der Waals surface area contributed by atoms with Gasteiger partial charge in [-0.25, -0.2) is 4.39 Å². The summed E-state index contributed by atoms with van der Waals surface area (Å²) < 4.78 is 18.8.